The van der Waals surface area contributed by atoms with Crippen LogP contribution >= 0.6 is 0 Å². The van der Waals surface area contributed by atoms with E-state index in [0.717, 1.165) is 25.3 Å². The van der Waals surface area contributed by atoms with E-state index >= 15 is 0 Å². The van der Waals surface area contributed by atoms with Crippen LogP contribution in [0.5, 0.6) is 0 Å². The highest BCUT2D eigenvalue weighted by atomic mass is 16.3. The summed E-state index contributed by atoms with van der Waals surface area (Å²) in [5, 5.41) is 13.7. The van der Waals surface area contributed by atoms with E-state index in [1.807, 2.05) is 6.92 Å². The lowest BCUT2D eigenvalue weighted by atomic mass is 9.92. The third-order valence-electron chi connectivity index (χ3n) is 4.17. The lowest BCUT2D eigenvalue weighted by Gasteiger charge is -2.33. The van der Waals surface area contributed by atoms with E-state index in [-0.39, 0.29) is 0 Å². The second-order valence-corrected chi connectivity index (χ2v) is 5.87. The average molecular weight is 226 g/mol. The first-order valence-electron chi connectivity index (χ1n) is 6.79. The van der Waals surface area contributed by atoms with E-state index in [4.69, 9.17) is 0 Å². The molecule has 0 aromatic carbocycles. The smallest absolute Gasteiger partial charge is 0.0743 e. The average Bonchev–Trinajstić information content (AvgIpc) is 2.60. The zero-order chi connectivity index (χ0) is 11.6. The molecule has 0 saturated carbocycles. The van der Waals surface area contributed by atoms with Crippen LogP contribution < -0.4 is 5.32 Å². The Labute approximate surface area is 99.2 Å². The molecule has 0 aromatic heterocycles. The molecule has 4 unspecified atom stereocenters. The van der Waals surface area contributed by atoms with Gasteiger partial charge in [0.2, 0.25) is 0 Å². The van der Waals surface area contributed by atoms with Crippen LogP contribution in [0.2, 0.25) is 0 Å². The van der Waals surface area contributed by atoms with E-state index in [9.17, 15) is 5.11 Å². The maximum atomic E-state index is 10.1. The minimum absolute atomic E-state index is 0.523. The minimum Gasteiger partial charge on any atom is -0.389 e. The largest absolute Gasteiger partial charge is 0.389 e. The fourth-order valence-corrected chi connectivity index (χ4v) is 3.20. The molecular weight excluding hydrogens is 200 g/mol. The van der Waals surface area contributed by atoms with Crippen LogP contribution in [0.3, 0.4) is 0 Å². The maximum Gasteiger partial charge on any atom is 0.0743 e. The summed E-state index contributed by atoms with van der Waals surface area (Å²) in [6.45, 7) is 8.63. The quantitative estimate of drug-likeness (QED) is 0.740. The number of fused-ring (bicyclic) bond motifs is 2. The van der Waals surface area contributed by atoms with E-state index in [1.165, 1.54) is 32.5 Å². The van der Waals surface area contributed by atoms with Gasteiger partial charge in [-0.1, -0.05) is 13.3 Å². The summed E-state index contributed by atoms with van der Waals surface area (Å²) >= 11 is 0. The summed E-state index contributed by atoms with van der Waals surface area (Å²) in [5.74, 6) is 0.825. The molecule has 2 saturated heterocycles. The fourth-order valence-electron chi connectivity index (χ4n) is 3.20. The molecule has 2 aliphatic rings. The molecule has 0 spiro atoms. The van der Waals surface area contributed by atoms with Gasteiger partial charge in [0.05, 0.1) is 5.60 Å². The summed E-state index contributed by atoms with van der Waals surface area (Å²) in [4.78, 5) is 2.56. The molecule has 2 bridgehead atoms. The van der Waals surface area contributed by atoms with Gasteiger partial charge in [-0.05, 0) is 45.2 Å². The first-order valence-corrected chi connectivity index (χ1v) is 6.79. The molecule has 2 fully saturated rings. The van der Waals surface area contributed by atoms with E-state index in [0.29, 0.717) is 6.04 Å². The Morgan fingerprint density at radius 2 is 2.12 bits per heavy atom. The van der Waals surface area contributed by atoms with Crippen molar-refractivity contribution in [3.63, 3.8) is 0 Å². The van der Waals surface area contributed by atoms with Crippen LogP contribution in [-0.4, -0.2) is 47.8 Å². The number of nitrogens with one attached hydrogen (secondary N) is 1. The topological polar surface area (TPSA) is 35.5 Å². The summed E-state index contributed by atoms with van der Waals surface area (Å²) in [6.07, 6.45) is 4.54. The van der Waals surface area contributed by atoms with Crippen LogP contribution in [0.1, 0.15) is 39.5 Å². The predicted molar refractivity (Wildman–Crippen MR) is 66.5 cm³/mol. The highest BCUT2D eigenvalue weighted by Crippen LogP contribution is 2.27. The first kappa shape index (κ1) is 12.3. The second-order valence-electron chi connectivity index (χ2n) is 5.87. The molecule has 0 amide bonds. The summed E-state index contributed by atoms with van der Waals surface area (Å²) in [7, 11) is 0. The van der Waals surface area contributed by atoms with Gasteiger partial charge < -0.3 is 15.3 Å². The van der Waals surface area contributed by atoms with Gasteiger partial charge in [-0.25, -0.2) is 0 Å². The SMILES string of the molecule is CCCC(C)(O)CNC1CCN2CCC1C2. The Hall–Kier alpha value is -0.120. The highest BCUT2D eigenvalue weighted by Gasteiger charge is 2.34. The van der Waals surface area contributed by atoms with Crippen molar-refractivity contribution in [1.82, 2.24) is 10.2 Å². The molecule has 0 aromatic rings. The number of aliphatic hydroxyl groups is 1. The molecule has 3 nitrogen and oxygen atoms in total. The molecule has 2 N–H and O–H groups in total. The lowest BCUT2D eigenvalue weighted by molar-refractivity contribution is 0.0427. The third-order valence-corrected chi connectivity index (χ3v) is 4.17. The summed E-state index contributed by atoms with van der Waals surface area (Å²) < 4.78 is 0. The van der Waals surface area contributed by atoms with Crippen molar-refractivity contribution in [1.29, 1.82) is 0 Å². The van der Waals surface area contributed by atoms with Crippen LogP contribution in [0.15, 0.2) is 0 Å². The molecule has 4 atom stereocenters. The normalized spacial score (nSPS) is 37.3. The number of piperidine rings is 1. The predicted octanol–water partition coefficient (Wildman–Crippen LogP) is 1.22. The Morgan fingerprint density at radius 1 is 1.38 bits per heavy atom. The van der Waals surface area contributed by atoms with Gasteiger partial charge in [0.25, 0.3) is 0 Å². The number of hydrogen-bond donors (Lipinski definition) is 2. The van der Waals surface area contributed by atoms with Gasteiger partial charge in [0.1, 0.15) is 0 Å². The Bertz CT molecular complexity index is 230. The zero-order valence-electron chi connectivity index (χ0n) is 10.7. The first-order chi connectivity index (χ1) is 7.61. The van der Waals surface area contributed by atoms with Crippen LogP contribution in [0.4, 0.5) is 0 Å². The molecule has 2 rings (SSSR count). The number of hydrogen-bond acceptors (Lipinski definition) is 3. The van der Waals surface area contributed by atoms with Crippen molar-refractivity contribution < 1.29 is 5.11 Å². The monoisotopic (exact) mass is 226 g/mol. The fraction of sp³-hybridized carbons (Fsp3) is 1.00. The minimum atomic E-state index is -0.523. The van der Waals surface area contributed by atoms with Crippen molar-refractivity contribution in [3.8, 4) is 0 Å². The molecule has 2 aliphatic heterocycles. The van der Waals surface area contributed by atoms with E-state index in [1.54, 1.807) is 0 Å². The van der Waals surface area contributed by atoms with Gasteiger partial charge in [0.15, 0.2) is 0 Å². The van der Waals surface area contributed by atoms with Gasteiger partial charge >= 0.3 is 0 Å². The van der Waals surface area contributed by atoms with Gasteiger partial charge in [0, 0.05) is 19.1 Å². The molecule has 2 heterocycles. The highest BCUT2D eigenvalue weighted by molar-refractivity contribution is 4.92. The summed E-state index contributed by atoms with van der Waals surface area (Å²) in [5.41, 5.74) is -0.523. The van der Waals surface area contributed by atoms with Crippen molar-refractivity contribution >= 4 is 0 Å². The Kier molecular flexibility index (Phi) is 3.88. The van der Waals surface area contributed by atoms with Crippen molar-refractivity contribution in [2.24, 2.45) is 5.92 Å². The molecular formula is C13H26N2O. The van der Waals surface area contributed by atoms with E-state index in [2.05, 4.69) is 17.1 Å². The second kappa shape index (κ2) is 5.03. The zero-order valence-corrected chi connectivity index (χ0v) is 10.7. The Balaban J connectivity index is 1.77. The van der Waals surface area contributed by atoms with E-state index < -0.39 is 5.60 Å². The lowest BCUT2D eigenvalue weighted by Crippen LogP contribution is -2.49. The maximum absolute atomic E-state index is 10.1. The van der Waals surface area contributed by atoms with Gasteiger partial charge in [-0.3, -0.25) is 0 Å². The van der Waals surface area contributed by atoms with Crippen molar-refractivity contribution in [2.45, 2.75) is 51.2 Å². The van der Waals surface area contributed by atoms with Crippen LogP contribution in [0.25, 0.3) is 0 Å². The number of rotatable bonds is 5. The summed E-state index contributed by atoms with van der Waals surface area (Å²) in [6, 6.07) is 0.641. The van der Waals surface area contributed by atoms with Crippen molar-refractivity contribution in [2.75, 3.05) is 26.2 Å². The van der Waals surface area contributed by atoms with Gasteiger partial charge in [-0.2, -0.15) is 0 Å². The molecule has 3 heteroatoms. The molecule has 16 heavy (non-hydrogen) atoms. The standard InChI is InChI=1S/C13H26N2O/c1-3-6-13(2,16)10-14-12-5-8-15-7-4-11(12)9-15/h11-12,14,16H,3-10H2,1-2H3. The molecule has 94 valence electrons. The molecule has 0 aliphatic carbocycles. The molecule has 0 radical (unpaired) electrons. The number of nitrogens with zero attached hydrogens (tertiary/aromatic N) is 1. The van der Waals surface area contributed by atoms with Crippen LogP contribution in [-0.2, 0) is 0 Å². The van der Waals surface area contributed by atoms with Gasteiger partial charge in [-0.15, -0.1) is 0 Å². The third kappa shape index (κ3) is 2.96. The van der Waals surface area contributed by atoms with Crippen molar-refractivity contribution in [3.05, 3.63) is 0 Å². The Morgan fingerprint density at radius 3 is 2.88 bits per heavy atom. The van der Waals surface area contributed by atoms with Crippen LogP contribution in [0, 0.1) is 5.92 Å².